The van der Waals surface area contributed by atoms with E-state index in [4.69, 9.17) is 0 Å². The molecule has 0 aliphatic carbocycles. The van der Waals surface area contributed by atoms with Gasteiger partial charge >= 0.3 is 126 Å². The van der Waals surface area contributed by atoms with Crippen LogP contribution in [0.15, 0.2) is 48.5 Å². The van der Waals surface area contributed by atoms with Crippen LogP contribution < -0.4 is 17.0 Å². The molecule has 19 heavy (non-hydrogen) atoms. The fourth-order valence-electron chi connectivity index (χ4n) is 1.85. The zero-order valence-corrected chi connectivity index (χ0v) is 14.9. The van der Waals surface area contributed by atoms with Gasteiger partial charge in [0.05, 0.1) is 0 Å². The first-order valence-corrected chi connectivity index (χ1v) is 9.23. The van der Waals surface area contributed by atoms with Crippen LogP contribution in [-0.4, -0.2) is 49.3 Å². The van der Waals surface area contributed by atoms with Crippen molar-refractivity contribution >= 4 is 39.7 Å². The Balaban J connectivity index is 2.08. The van der Waals surface area contributed by atoms with Crippen LogP contribution >= 0.6 is 0 Å². The Morgan fingerprint density at radius 1 is 0.579 bits per heavy atom. The molecular formula is C16H20N2Sn. The van der Waals surface area contributed by atoms with Gasteiger partial charge in [0.15, 0.2) is 0 Å². The summed E-state index contributed by atoms with van der Waals surface area (Å²) in [6.45, 7) is 0. The van der Waals surface area contributed by atoms with E-state index in [-0.39, 0.29) is 0 Å². The molecule has 0 saturated heterocycles. The van der Waals surface area contributed by atoms with Gasteiger partial charge in [0, 0.05) is 0 Å². The summed E-state index contributed by atoms with van der Waals surface area (Å²) in [4.78, 5) is 4.28. The van der Waals surface area contributed by atoms with Crippen molar-refractivity contribution in [2.24, 2.45) is 0 Å². The molecule has 98 valence electrons. The predicted octanol–water partition coefficient (Wildman–Crippen LogP) is 1.47. The van der Waals surface area contributed by atoms with E-state index in [0.717, 1.165) is 0 Å². The number of benzene rings is 2. The van der Waals surface area contributed by atoms with Crippen LogP contribution in [0.2, 0.25) is 0 Å². The van der Waals surface area contributed by atoms with Gasteiger partial charge in [0.1, 0.15) is 0 Å². The van der Waals surface area contributed by atoms with Crippen molar-refractivity contribution in [1.29, 1.82) is 0 Å². The van der Waals surface area contributed by atoms with Gasteiger partial charge in [-0.25, -0.2) is 0 Å². The molecule has 0 aromatic heterocycles. The summed E-state index contributed by atoms with van der Waals surface area (Å²) in [5, 5.41) is 0. The summed E-state index contributed by atoms with van der Waals surface area (Å²) >= 11 is -0.652. The molecule has 0 atom stereocenters. The van der Waals surface area contributed by atoms with Crippen molar-refractivity contribution in [2.75, 3.05) is 38.0 Å². The first kappa shape index (κ1) is 14.3. The van der Waals surface area contributed by atoms with Gasteiger partial charge in [-0.3, -0.25) is 0 Å². The molecule has 2 aromatic carbocycles. The second kappa shape index (κ2) is 6.33. The number of rotatable bonds is 4. The topological polar surface area (TPSA) is 6.48 Å². The molecule has 2 radical (unpaired) electrons. The molecule has 0 aliphatic heterocycles. The third kappa shape index (κ3) is 3.90. The number of nitrogens with zero attached hydrogens (tertiary/aromatic N) is 2. The van der Waals surface area contributed by atoms with Crippen molar-refractivity contribution in [3.05, 3.63) is 48.5 Å². The molecule has 2 nitrogen and oxygen atoms in total. The van der Waals surface area contributed by atoms with Crippen LogP contribution in [0, 0.1) is 0 Å². The van der Waals surface area contributed by atoms with Crippen LogP contribution in [0.4, 0.5) is 11.4 Å². The van der Waals surface area contributed by atoms with Crippen LogP contribution in [0.25, 0.3) is 0 Å². The third-order valence-corrected chi connectivity index (χ3v) is 6.61. The maximum atomic E-state index is 2.28. The van der Waals surface area contributed by atoms with Crippen LogP contribution in [-0.2, 0) is 0 Å². The Morgan fingerprint density at radius 3 is 1.16 bits per heavy atom. The summed E-state index contributed by atoms with van der Waals surface area (Å²) in [5.74, 6) is 0. The molecule has 0 fully saturated rings. The summed E-state index contributed by atoms with van der Waals surface area (Å²) < 4.78 is 3.04. The molecule has 0 heterocycles. The van der Waals surface area contributed by atoms with E-state index in [0.29, 0.717) is 0 Å². The second-order valence-corrected chi connectivity index (χ2v) is 9.02. The van der Waals surface area contributed by atoms with Gasteiger partial charge in [-0.2, -0.15) is 0 Å². The molecular weight excluding hydrogens is 339 g/mol. The van der Waals surface area contributed by atoms with E-state index in [9.17, 15) is 0 Å². The van der Waals surface area contributed by atoms with E-state index < -0.39 is 21.1 Å². The van der Waals surface area contributed by atoms with Crippen molar-refractivity contribution in [3.8, 4) is 0 Å². The van der Waals surface area contributed by atoms with Crippen molar-refractivity contribution < 1.29 is 0 Å². The van der Waals surface area contributed by atoms with E-state index in [1.54, 1.807) is 0 Å². The SMILES string of the molecule is CN(C)c1cc[c]([Sn][c]2ccc(N(C)C)cc2)cc1. The molecule has 0 bridgehead atoms. The minimum absolute atomic E-state index is 0.652. The normalized spacial score (nSPS) is 10.3. The van der Waals surface area contributed by atoms with Gasteiger partial charge < -0.3 is 0 Å². The van der Waals surface area contributed by atoms with E-state index in [2.05, 4.69) is 86.5 Å². The summed E-state index contributed by atoms with van der Waals surface area (Å²) in [7, 11) is 8.31. The van der Waals surface area contributed by atoms with Gasteiger partial charge in [-0.15, -0.1) is 0 Å². The zero-order chi connectivity index (χ0) is 13.8. The fraction of sp³-hybridized carbons (Fsp3) is 0.250. The van der Waals surface area contributed by atoms with Crippen LogP contribution in [0.5, 0.6) is 0 Å². The van der Waals surface area contributed by atoms with Gasteiger partial charge in [0.2, 0.25) is 0 Å². The first-order valence-electron chi connectivity index (χ1n) is 6.38. The quantitative estimate of drug-likeness (QED) is 0.764. The Morgan fingerprint density at radius 2 is 0.895 bits per heavy atom. The molecule has 2 rings (SSSR count). The van der Waals surface area contributed by atoms with Gasteiger partial charge in [-0.05, 0) is 0 Å². The Kier molecular flexibility index (Phi) is 4.75. The Bertz CT molecular complexity index is 466. The molecule has 0 unspecified atom stereocenters. The average molecular weight is 359 g/mol. The molecule has 3 heteroatoms. The summed E-state index contributed by atoms with van der Waals surface area (Å²) in [5.41, 5.74) is 2.54. The molecule has 0 spiro atoms. The number of hydrogen-bond acceptors (Lipinski definition) is 2. The summed E-state index contributed by atoms with van der Waals surface area (Å²) in [6.07, 6.45) is 0. The standard InChI is InChI=1S/2C8H10N.Sn/c2*1-9(2)8-6-4-3-5-7-8;/h2*4-7H,1-2H3;. The Hall–Kier alpha value is -1.16. The average Bonchev–Trinajstić information content (AvgIpc) is 2.40. The molecule has 0 saturated carbocycles. The maximum absolute atomic E-state index is 2.28. The predicted molar refractivity (Wildman–Crippen MR) is 86.6 cm³/mol. The van der Waals surface area contributed by atoms with Crippen LogP contribution in [0.3, 0.4) is 0 Å². The van der Waals surface area contributed by atoms with E-state index in [1.165, 1.54) is 18.5 Å². The van der Waals surface area contributed by atoms with Crippen molar-refractivity contribution in [2.45, 2.75) is 0 Å². The molecule has 0 N–H and O–H groups in total. The fourth-order valence-corrected chi connectivity index (χ4v) is 4.71. The van der Waals surface area contributed by atoms with Crippen LogP contribution in [0.1, 0.15) is 0 Å². The van der Waals surface area contributed by atoms with Gasteiger partial charge in [-0.1, -0.05) is 0 Å². The first-order chi connectivity index (χ1) is 9.06. The molecule has 2 aromatic rings. The van der Waals surface area contributed by atoms with E-state index >= 15 is 0 Å². The van der Waals surface area contributed by atoms with E-state index in [1.807, 2.05) is 0 Å². The Labute approximate surface area is 126 Å². The van der Waals surface area contributed by atoms with Crippen molar-refractivity contribution in [3.63, 3.8) is 0 Å². The number of anilines is 2. The molecule has 0 amide bonds. The third-order valence-electron chi connectivity index (χ3n) is 3.06. The molecule has 0 aliphatic rings. The monoisotopic (exact) mass is 360 g/mol. The second-order valence-electron chi connectivity index (χ2n) is 5.01. The van der Waals surface area contributed by atoms with Gasteiger partial charge in [0.25, 0.3) is 0 Å². The summed E-state index contributed by atoms with van der Waals surface area (Å²) in [6, 6.07) is 18.0. The van der Waals surface area contributed by atoms with Crippen molar-refractivity contribution in [1.82, 2.24) is 0 Å². The zero-order valence-electron chi connectivity index (χ0n) is 12.0. The minimum atomic E-state index is -0.652. The number of hydrogen-bond donors (Lipinski definition) is 0.